The van der Waals surface area contributed by atoms with Crippen LogP contribution in [0.25, 0.3) is 6.08 Å². The van der Waals surface area contributed by atoms with Crippen molar-refractivity contribution in [3.8, 4) is 0 Å². The Balaban J connectivity index is 2.42. The van der Waals surface area contributed by atoms with Gasteiger partial charge in [0.25, 0.3) is 0 Å². The summed E-state index contributed by atoms with van der Waals surface area (Å²) < 4.78 is 41.2. The molecule has 0 aliphatic heterocycles. The summed E-state index contributed by atoms with van der Waals surface area (Å²) in [5, 5.41) is 0. The lowest BCUT2D eigenvalue weighted by Crippen LogP contribution is -2.02. The molecule has 0 radical (unpaired) electrons. The molecule has 0 atom stereocenters. The third-order valence-corrected chi connectivity index (χ3v) is 1.96. The number of hydrogen-bond acceptors (Lipinski definition) is 1. The van der Waals surface area contributed by atoms with Crippen molar-refractivity contribution in [1.82, 2.24) is 0 Å². The molecule has 1 aromatic rings. The molecule has 0 bridgehead atoms. The average molecular weight is 188 g/mol. The highest BCUT2D eigenvalue weighted by Gasteiger charge is 2.35. The molecule has 0 saturated carbocycles. The topological polar surface area (TPSA) is 13.1 Å². The highest BCUT2D eigenvalue weighted by Crippen LogP contribution is 2.34. The lowest BCUT2D eigenvalue weighted by Gasteiger charge is -2.01. The molecular formula is C9H7F3O. The monoisotopic (exact) mass is 188 g/mol. The Labute approximate surface area is 72.9 Å². The van der Waals surface area contributed by atoms with Gasteiger partial charge in [-0.15, -0.1) is 0 Å². The van der Waals surface area contributed by atoms with Crippen LogP contribution in [-0.4, -0.2) is 0 Å². The molecule has 1 aliphatic rings. The number of furan rings is 1. The summed E-state index contributed by atoms with van der Waals surface area (Å²) in [7, 11) is 0. The molecule has 0 aromatic carbocycles. The van der Waals surface area contributed by atoms with E-state index in [0.717, 1.165) is 12.5 Å². The standard InChI is InChI=1S/C9H7F3O/c10-9(11,12)8-5-6-3-1-2-4-7(6)13-8/h1,3,5H,2,4H2. The molecule has 13 heavy (non-hydrogen) atoms. The van der Waals surface area contributed by atoms with E-state index in [-0.39, 0.29) is 0 Å². The summed E-state index contributed by atoms with van der Waals surface area (Å²) in [6, 6.07) is 1.05. The quantitative estimate of drug-likeness (QED) is 0.609. The predicted molar refractivity (Wildman–Crippen MR) is 41.1 cm³/mol. The summed E-state index contributed by atoms with van der Waals surface area (Å²) in [5.41, 5.74) is 0.554. The van der Waals surface area contributed by atoms with Gasteiger partial charge in [0.15, 0.2) is 0 Å². The van der Waals surface area contributed by atoms with Gasteiger partial charge in [0.2, 0.25) is 5.76 Å². The van der Waals surface area contributed by atoms with Gasteiger partial charge in [0.05, 0.1) is 0 Å². The first-order valence-electron chi connectivity index (χ1n) is 3.94. The van der Waals surface area contributed by atoms with Crippen LogP contribution in [0.3, 0.4) is 0 Å². The van der Waals surface area contributed by atoms with Crippen LogP contribution in [0.15, 0.2) is 16.6 Å². The van der Waals surface area contributed by atoms with Crippen LogP contribution in [0.1, 0.15) is 23.5 Å². The Morgan fingerprint density at radius 1 is 1.31 bits per heavy atom. The Morgan fingerprint density at radius 2 is 2.08 bits per heavy atom. The van der Waals surface area contributed by atoms with Crippen molar-refractivity contribution >= 4 is 6.08 Å². The summed E-state index contributed by atoms with van der Waals surface area (Å²) in [4.78, 5) is 0. The number of allylic oxidation sites excluding steroid dienone is 1. The molecule has 0 saturated heterocycles. The molecular weight excluding hydrogens is 181 g/mol. The van der Waals surface area contributed by atoms with Crippen molar-refractivity contribution < 1.29 is 17.6 Å². The first-order valence-corrected chi connectivity index (χ1v) is 3.94. The zero-order valence-corrected chi connectivity index (χ0v) is 6.69. The molecule has 0 unspecified atom stereocenters. The Hall–Kier alpha value is -1.19. The van der Waals surface area contributed by atoms with E-state index in [1.165, 1.54) is 0 Å². The fourth-order valence-corrected chi connectivity index (χ4v) is 1.34. The van der Waals surface area contributed by atoms with Crippen molar-refractivity contribution in [1.29, 1.82) is 0 Å². The minimum Gasteiger partial charge on any atom is -0.456 e. The van der Waals surface area contributed by atoms with E-state index in [1.54, 1.807) is 6.08 Å². The molecule has 0 N–H and O–H groups in total. The molecule has 1 nitrogen and oxygen atoms in total. The van der Waals surface area contributed by atoms with Gasteiger partial charge in [0, 0.05) is 12.0 Å². The zero-order valence-electron chi connectivity index (χ0n) is 6.69. The van der Waals surface area contributed by atoms with Crippen molar-refractivity contribution in [3.63, 3.8) is 0 Å². The van der Waals surface area contributed by atoms with Crippen LogP contribution in [0.2, 0.25) is 0 Å². The third-order valence-electron chi connectivity index (χ3n) is 1.96. The molecule has 1 aliphatic carbocycles. The van der Waals surface area contributed by atoms with Crippen LogP contribution < -0.4 is 0 Å². The molecule has 2 rings (SSSR count). The fourth-order valence-electron chi connectivity index (χ4n) is 1.34. The normalized spacial score (nSPS) is 15.9. The van der Waals surface area contributed by atoms with E-state index in [1.807, 2.05) is 6.08 Å². The SMILES string of the molecule is FC(F)(F)c1cc2c(o1)CCC=C2. The zero-order chi connectivity index (χ0) is 9.47. The minimum atomic E-state index is -4.37. The number of rotatable bonds is 0. The van der Waals surface area contributed by atoms with Crippen molar-refractivity contribution in [2.45, 2.75) is 19.0 Å². The smallest absolute Gasteiger partial charge is 0.449 e. The Morgan fingerprint density at radius 3 is 2.69 bits per heavy atom. The maximum atomic E-state index is 12.2. The molecule has 70 valence electrons. The molecule has 1 aromatic heterocycles. The van der Waals surface area contributed by atoms with Gasteiger partial charge >= 0.3 is 6.18 Å². The second-order valence-electron chi connectivity index (χ2n) is 2.93. The van der Waals surface area contributed by atoms with Crippen molar-refractivity contribution in [2.75, 3.05) is 0 Å². The fraction of sp³-hybridized carbons (Fsp3) is 0.333. The van der Waals surface area contributed by atoms with Gasteiger partial charge in [-0.05, 0) is 12.5 Å². The Kier molecular flexibility index (Phi) is 1.71. The summed E-state index contributed by atoms with van der Waals surface area (Å²) in [6.45, 7) is 0. The van der Waals surface area contributed by atoms with Gasteiger partial charge in [-0.1, -0.05) is 12.2 Å². The van der Waals surface area contributed by atoms with Crippen LogP contribution >= 0.6 is 0 Å². The lowest BCUT2D eigenvalue weighted by molar-refractivity contribution is -0.153. The van der Waals surface area contributed by atoms with Gasteiger partial charge in [-0.25, -0.2) is 0 Å². The second-order valence-corrected chi connectivity index (χ2v) is 2.93. The van der Waals surface area contributed by atoms with Gasteiger partial charge in [0.1, 0.15) is 5.76 Å². The van der Waals surface area contributed by atoms with Crippen LogP contribution in [0.4, 0.5) is 13.2 Å². The number of aryl methyl sites for hydroxylation is 1. The van der Waals surface area contributed by atoms with E-state index in [0.29, 0.717) is 17.7 Å². The highest BCUT2D eigenvalue weighted by molar-refractivity contribution is 5.54. The van der Waals surface area contributed by atoms with Gasteiger partial charge in [-0.2, -0.15) is 13.2 Å². The first-order chi connectivity index (χ1) is 6.07. The van der Waals surface area contributed by atoms with E-state index < -0.39 is 11.9 Å². The number of hydrogen-bond donors (Lipinski definition) is 0. The van der Waals surface area contributed by atoms with E-state index in [2.05, 4.69) is 0 Å². The molecule has 0 spiro atoms. The largest absolute Gasteiger partial charge is 0.456 e. The number of halogens is 3. The summed E-state index contributed by atoms with van der Waals surface area (Å²) in [5.74, 6) is -0.459. The first kappa shape index (κ1) is 8.41. The van der Waals surface area contributed by atoms with E-state index in [4.69, 9.17) is 4.42 Å². The van der Waals surface area contributed by atoms with E-state index in [9.17, 15) is 13.2 Å². The Bertz CT molecular complexity index is 346. The highest BCUT2D eigenvalue weighted by atomic mass is 19.4. The molecule has 0 amide bonds. The van der Waals surface area contributed by atoms with Gasteiger partial charge in [-0.3, -0.25) is 0 Å². The van der Waals surface area contributed by atoms with Crippen molar-refractivity contribution in [3.05, 3.63) is 29.2 Å². The maximum absolute atomic E-state index is 12.2. The van der Waals surface area contributed by atoms with E-state index >= 15 is 0 Å². The second kappa shape index (κ2) is 2.65. The average Bonchev–Trinajstić information content (AvgIpc) is 2.45. The summed E-state index contributed by atoms with van der Waals surface area (Å²) >= 11 is 0. The minimum absolute atomic E-state index is 0.440. The molecule has 1 heterocycles. The molecule has 4 heteroatoms. The van der Waals surface area contributed by atoms with Crippen LogP contribution in [0, 0.1) is 0 Å². The molecule has 0 fully saturated rings. The van der Waals surface area contributed by atoms with Crippen LogP contribution in [-0.2, 0) is 12.6 Å². The third kappa shape index (κ3) is 1.48. The van der Waals surface area contributed by atoms with Gasteiger partial charge < -0.3 is 4.42 Å². The number of fused-ring (bicyclic) bond motifs is 1. The number of alkyl halides is 3. The lowest BCUT2D eigenvalue weighted by atomic mass is 10.1. The predicted octanol–water partition coefficient (Wildman–Crippen LogP) is 3.26. The maximum Gasteiger partial charge on any atom is 0.449 e. The summed E-state index contributed by atoms with van der Waals surface area (Å²) in [6.07, 6.45) is 0.445. The van der Waals surface area contributed by atoms with Crippen molar-refractivity contribution in [2.24, 2.45) is 0 Å². The van der Waals surface area contributed by atoms with Crippen LogP contribution in [0.5, 0.6) is 0 Å².